The number of methoxy groups -OCH3 is 1. The van der Waals surface area contributed by atoms with Crippen LogP contribution in [0, 0.1) is 10.8 Å². The van der Waals surface area contributed by atoms with E-state index in [9.17, 15) is 9.59 Å². The second kappa shape index (κ2) is 2.85. The average Bonchev–Trinajstić information content (AvgIpc) is 2.85. The molecule has 15 heavy (non-hydrogen) atoms. The molecular weight excluding hydrogens is 200 g/mol. The maximum atomic E-state index is 11.1. The Morgan fingerprint density at radius 3 is 2.47 bits per heavy atom. The van der Waals surface area contributed by atoms with Crippen molar-refractivity contribution in [2.75, 3.05) is 26.7 Å². The lowest BCUT2D eigenvalue weighted by molar-refractivity contribution is -0.146. The van der Waals surface area contributed by atoms with Gasteiger partial charge in [-0.05, 0) is 6.42 Å². The van der Waals surface area contributed by atoms with Crippen LogP contribution in [0.1, 0.15) is 6.42 Å². The fourth-order valence-corrected chi connectivity index (χ4v) is 2.57. The number of amides is 1. The van der Waals surface area contributed by atoms with Crippen molar-refractivity contribution in [1.82, 2.24) is 4.90 Å². The molecule has 2 aliphatic rings. The highest BCUT2D eigenvalue weighted by Gasteiger charge is 2.76. The van der Waals surface area contributed by atoms with E-state index in [-0.39, 0.29) is 12.0 Å². The van der Waals surface area contributed by atoms with E-state index in [4.69, 9.17) is 10.8 Å². The fraction of sp³-hybridized carbons (Fsp3) is 0.778. The standard InChI is InChI=1S/C9H14N2O4/c1-15-7(14)11-4-8(5-11)2-9(8,3-10)6(12)13/h2-5,10H2,1H3,(H,12,13). The van der Waals surface area contributed by atoms with Gasteiger partial charge in [0.25, 0.3) is 0 Å². The van der Waals surface area contributed by atoms with Crippen molar-refractivity contribution >= 4 is 12.1 Å². The molecule has 84 valence electrons. The quantitative estimate of drug-likeness (QED) is 0.645. The third-order valence-electron chi connectivity index (χ3n) is 3.71. The second-order valence-electron chi connectivity index (χ2n) is 4.37. The van der Waals surface area contributed by atoms with Crippen molar-refractivity contribution < 1.29 is 19.4 Å². The first kappa shape index (κ1) is 10.2. The number of carboxylic acid groups (broad SMARTS) is 1. The number of rotatable bonds is 2. The number of nitrogens with two attached hydrogens (primary N) is 1. The Morgan fingerprint density at radius 1 is 1.53 bits per heavy atom. The van der Waals surface area contributed by atoms with Crippen LogP contribution in [-0.2, 0) is 9.53 Å². The largest absolute Gasteiger partial charge is 0.481 e. The van der Waals surface area contributed by atoms with Crippen molar-refractivity contribution in [2.45, 2.75) is 6.42 Å². The molecule has 1 heterocycles. The summed E-state index contributed by atoms with van der Waals surface area (Å²) in [5.74, 6) is -0.852. The zero-order chi connectivity index (χ0) is 11.3. The van der Waals surface area contributed by atoms with E-state index in [1.54, 1.807) is 0 Å². The maximum Gasteiger partial charge on any atom is 0.409 e. The number of carbonyl (C=O) groups is 2. The highest BCUT2D eigenvalue weighted by Crippen LogP contribution is 2.67. The molecule has 1 saturated carbocycles. The monoisotopic (exact) mass is 214 g/mol. The van der Waals surface area contributed by atoms with Crippen LogP contribution in [0.3, 0.4) is 0 Å². The predicted molar refractivity (Wildman–Crippen MR) is 50.2 cm³/mol. The minimum absolute atomic E-state index is 0.136. The number of hydrogen-bond donors (Lipinski definition) is 2. The van der Waals surface area contributed by atoms with Gasteiger partial charge in [0.2, 0.25) is 0 Å². The van der Waals surface area contributed by atoms with E-state index in [0.29, 0.717) is 19.5 Å². The Bertz CT molecular complexity index is 324. The summed E-state index contributed by atoms with van der Waals surface area (Å²) in [7, 11) is 1.31. The molecule has 3 N–H and O–H groups in total. The van der Waals surface area contributed by atoms with Gasteiger partial charge in [-0.2, -0.15) is 0 Å². The number of nitrogens with zero attached hydrogens (tertiary/aromatic N) is 1. The summed E-state index contributed by atoms with van der Waals surface area (Å²) in [6, 6.07) is 0. The summed E-state index contributed by atoms with van der Waals surface area (Å²) in [5, 5.41) is 9.07. The highest BCUT2D eigenvalue weighted by atomic mass is 16.5. The first-order valence-corrected chi connectivity index (χ1v) is 4.78. The number of likely N-dealkylation sites (tertiary alicyclic amines) is 1. The summed E-state index contributed by atoms with van der Waals surface area (Å²) >= 11 is 0. The van der Waals surface area contributed by atoms with Gasteiger partial charge in [0.1, 0.15) is 0 Å². The van der Waals surface area contributed by atoms with E-state index in [1.165, 1.54) is 12.0 Å². The van der Waals surface area contributed by atoms with Gasteiger partial charge in [0.15, 0.2) is 0 Å². The smallest absolute Gasteiger partial charge is 0.409 e. The van der Waals surface area contributed by atoms with E-state index in [2.05, 4.69) is 4.74 Å². The molecule has 6 heteroatoms. The van der Waals surface area contributed by atoms with Gasteiger partial charge < -0.3 is 20.5 Å². The minimum Gasteiger partial charge on any atom is -0.481 e. The van der Waals surface area contributed by atoms with Crippen LogP contribution in [-0.4, -0.2) is 48.8 Å². The zero-order valence-electron chi connectivity index (χ0n) is 8.52. The summed E-state index contributed by atoms with van der Waals surface area (Å²) in [5.41, 5.74) is 4.40. The number of carboxylic acids is 1. The van der Waals surface area contributed by atoms with Gasteiger partial charge in [-0.15, -0.1) is 0 Å². The molecule has 1 aliphatic carbocycles. The Kier molecular flexibility index (Phi) is 1.94. The molecular formula is C9H14N2O4. The third kappa shape index (κ3) is 1.08. The van der Waals surface area contributed by atoms with Crippen LogP contribution in [0.5, 0.6) is 0 Å². The molecule has 1 amide bonds. The fourth-order valence-electron chi connectivity index (χ4n) is 2.57. The van der Waals surface area contributed by atoms with Crippen LogP contribution in [0.15, 0.2) is 0 Å². The van der Waals surface area contributed by atoms with Crippen molar-refractivity contribution in [3.05, 3.63) is 0 Å². The predicted octanol–water partition coefficient (Wildman–Crippen LogP) is -0.512. The average molecular weight is 214 g/mol. The van der Waals surface area contributed by atoms with E-state index in [1.807, 2.05) is 0 Å². The summed E-state index contributed by atoms with van der Waals surface area (Å²) < 4.78 is 4.55. The Hall–Kier alpha value is -1.30. The van der Waals surface area contributed by atoms with Gasteiger partial charge in [-0.1, -0.05) is 0 Å². The number of carbonyl (C=O) groups excluding carboxylic acids is 1. The summed E-state index contributed by atoms with van der Waals surface area (Å²) in [6.07, 6.45) is 0.170. The van der Waals surface area contributed by atoms with Gasteiger partial charge in [-0.25, -0.2) is 4.79 Å². The lowest BCUT2D eigenvalue weighted by Gasteiger charge is -2.41. The minimum atomic E-state index is -0.852. The molecule has 1 aliphatic heterocycles. The van der Waals surface area contributed by atoms with E-state index < -0.39 is 17.5 Å². The van der Waals surface area contributed by atoms with Crippen LogP contribution >= 0.6 is 0 Å². The number of aliphatic carboxylic acids is 1. The van der Waals surface area contributed by atoms with E-state index >= 15 is 0 Å². The second-order valence-corrected chi connectivity index (χ2v) is 4.37. The molecule has 2 rings (SSSR count). The molecule has 1 atom stereocenters. The highest BCUT2D eigenvalue weighted by molar-refractivity contribution is 5.82. The molecule has 0 aromatic rings. The molecule has 0 radical (unpaired) electrons. The van der Waals surface area contributed by atoms with Gasteiger partial charge in [0, 0.05) is 25.0 Å². The summed E-state index contributed by atoms with van der Waals surface area (Å²) in [6.45, 7) is 1.03. The molecule has 1 spiro atoms. The lowest BCUT2D eigenvalue weighted by atomic mass is 9.86. The first-order chi connectivity index (χ1) is 7.01. The SMILES string of the molecule is COC(=O)N1CC2(C1)CC2(CN)C(=O)O. The Balaban J connectivity index is 2.00. The van der Waals surface area contributed by atoms with Crippen molar-refractivity contribution in [1.29, 1.82) is 0 Å². The maximum absolute atomic E-state index is 11.1. The first-order valence-electron chi connectivity index (χ1n) is 4.78. The molecule has 0 aromatic heterocycles. The topological polar surface area (TPSA) is 92.9 Å². The normalized spacial score (nSPS) is 30.9. The molecule has 0 bridgehead atoms. The zero-order valence-corrected chi connectivity index (χ0v) is 8.52. The number of hydrogen-bond acceptors (Lipinski definition) is 4. The van der Waals surface area contributed by atoms with Gasteiger partial charge >= 0.3 is 12.1 Å². The molecule has 1 saturated heterocycles. The van der Waals surface area contributed by atoms with Crippen molar-refractivity contribution in [2.24, 2.45) is 16.6 Å². The number of ether oxygens (including phenoxy) is 1. The molecule has 1 unspecified atom stereocenters. The van der Waals surface area contributed by atoms with Gasteiger partial charge in [0.05, 0.1) is 12.5 Å². The third-order valence-corrected chi connectivity index (χ3v) is 3.71. The molecule has 2 fully saturated rings. The Labute approximate surface area is 87.0 Å². The van der Waals surface area contributed by atoms with Gasteiger partial charge in [-0.3, -0.25) is 4.79 Å². The van der Waals surface area contributed by atoms with Crippen molar-refractivity contribution in [3.8, 4) is 0 Å². The lowest BCUT2D eigenvalue weighted by Crippen LogP contribution is -2.56. The van der Waals surface area contributed by atoms with Crippen LogP contribution in [0.4, 0.5) is 4.79 Å². The molecule has 0 aromatic carbocycles. The van der Waals surface area contributed by atoms with Crippen molar-refractivity contribution in [3.63, 3.8) is 0 Å². The Morgan fingerprint density at radius 2 is 2.13 bits per heavy atom. The molecule has 6 nitrogen and oxygen atoms in total. The van der Waals surface area contributed by atoms with E-state index in [0.717, 1.165) is 0 Å². The summed E-state index contributed by atoms with van der Waals surface area (Å²) in [4.78, 5) is 23.7. The van der Waals surface area contributed by atoms with Crippen LogP contribution < -0.4 is 5.73 Å². The van der Waals surface area contributed by atoms with Crippen LogP contribution in [0.2, 0.25) is 0 Å². The van der Waals surface area contributed by atoms with Crippen LogP contribution in [0.25, 0.3) is 0 Å².